The van der Waals surface area contributed by atoms with Crippen LogP contribution in [0.4, 0.5) is 0 Å². The van der Waals surface area contributed by atoms with E-state index >= 15 is 0 Å². The zero-order chi connectivity index (χ0) is 6.69. The summed E-state index contributed by atoms with van der Waals surface area (Å²) >= 11 is 10.1. The summed E-state index contributed by atoms with van der Waals surface area (Å²) in [4.78, 5) is 0. The predicted molar refractivity (Wildman–Crippen MR) is 44.7 cm³/mol. The average molecular weight is 243 g/mol. The summed E-state index contributed by atoms with van der Waals surface area (Å²) in [5.74, 6) is 0. The second kappa shape index (κ2) is 3.81. The van der Waals surface area contributed by atoms with E-state index in [1.54, 1.807) is 11.3 Å². The molecule has 0 aliphatic heterocycles. The van der Waals surface area contributed by atoms with E-state index in [4.69, 9.17) is 11.6 Å². The first kappa shape index (κ1) is 7.86. The molecule has 1 aromatic rings. The minimum atomic E-state index is 0.557. The van der Waals surface area contributed by atoms with Gasteiger partial charge in [0.2, 0.25) is 0 Å². The fraction of sp³-hybridized carbons (Fsp3) is 0.333. The van der Waals surface area contributed by atoms with E-state index in [1.165, 1.54) is 28.6 Å². The molecular weight excluding hydrogens is 239 g/mol. The number of nitrogens with zero attached hydrogens (tertiary/aromatic N) is 2. The summed E-state index contributed by atoms with van der Waals surface area (Å²) in [6.07, 6.45) is 0. The number of aromatic nitrogens is 2. The van der Waals surface area contributed by atoms with Crippen LogP contribution in [0.1, 0.15) is 0 Å². The molecule has 1 unspecified atom stereocenters. The van der Waals surface area contributed by atoms with Gasteiger partial charge in [0.05, 0.1) is 0 Å². The molecule has 1 heterocycles. The molecule has 0 N–H and O–H groups in total. The number of hydrogen-bond acceptors (Lipinski definition) is 4. The molecule has 0 spiro atoms. The van der Waals surface area contributed by atoms with Gasteiger partial charge in [-0.2, -0.15) is 0 Å². The molecule has 1 atom stereocenters. The van der Waals surface area contributed by atoms with Crippen LogP contribution in [-0.4, -0.2) is 32.3 Å². The zero-order valence-electron chi connectivity index (χ0n) is 4.37. The molecule has 0 aliphatic carbocycles. The second-order valence-corrected chi connectivity index (χ2v) is 6.00. The Balaban J connectivity index is 2.61. The van der Waals surface area contributed by atoms with Gasteiger partial charge >= 0.3 is 75.1 Å². The van der Waals surface area contributed by atoms with Crippen molar-refractivity contribution in [1.29, 1.82) is 0 Å². The fourth-order valence-corrected chi connectivity index (χ4v) is 3.39. The van der Waals surface area contributed by atoms with Gasteiger partial charge in [0, 0.05) is 0 Å². The Morgan fingerprint density at radius 2 is 2.44 bits per heavy atom. The number of rotatable bonds is 2. The van der Waals surface area contributed by atoms with Crippen molar-refractivity contribution in [3.8, 4) is 0 Å². The van der Waals surface area contributed by atoms with Crippen LogP contribution in [0.5, 0.6) is 0 Å². The van der Waals surface area contributed by atoms with Gasteiger partial charge < -0.3 is 0 Å². The van der Waals surface area contributed by atoms with Crippen molar-refractivity contribution in [3.05, 3.63) is 0 Å². The molecule has 0 saturated carbocycles. The molecule has 2 nitrogen and oxygen atoms in total. The van der Waals surface area contributed by atoms with Crippen LogP contribution in [0, 0.1) is 0 Å². The molecule has 0 fully saturated rings. The predicted octanol–water partition coefficient (Wildman–Crippen LogP) is 0.0849. The Morgan fingerprint density at radius 3 is 2.89 bits per heavy atom. The van der Waals surface area contributed by atoms with E-state index in [-0.39, 0.29) is 0 Å². The molecule has 0 aromatic carbocycles. The van der Waals surface area contributed by atoms with Gasteiger partial charge in [-0.15, -0.1) is 0 Å². The number of halogens is 1. The van der Waals surface area contributed by atoms with Crippen LogP contribution >= 0.6 is 34.7 Å². The van der Waals surface area contributed by atoms with Gasteiger partial charge in [-0.1, -0.05) is 0 Å². The Labute approximate surface area is 74.9 Å². The SMILES string of the molecule is ClCSc1nnc([AsH2])s1. The van der Waals surface area contributed by atoms with Crippen molar-refractivity contribution in [3.63, 3.8) is 0 Å². The molecular formula is C3H4AsClN2S2. The van der Waals surface area contributed by atoms with Crippen molar-refractivity contribution in [1.82, 2.24) is 10.2 Å². The Morgan fingerprint density at radius 1 is 1.67 bits per heavy atom. The molecule has 0 saturated heterocycles. The fourth-order valence-electron chi connectivity index (χ4n) is 0.325. The molecule has 9 heavy (non-hydrogen) atoms. The van der Waals surface area contributed by atoms with Crippen molar-refractivity contribution < 1.29 is 0 Å². The number of alkyl halides is 1. The van der Waals surface area contributed by atoms with Gasteiger partial charge in [-0.3, -0.25) is 0 Å². The third-order valence-corrected chi connectivity index (χ3v) is 3.50. The molecule has 6 heteroatoms. The summed E-state index contributed by atoms with van der Waals surface area (Å²) in [6, 6.07) is 0. The minimum absolute atomic E-state index is 0.557. The molecule has 1 rings (SSSR count). The van der Waals surface area contributed by atoms with Crippen LogP contribution in [0.15, 0.2) is 4.34 Å². The van der Waals surface area contributed by atoms with Crippen LogP contribution < -0.4 is 3.80 Å². The summed E-state index contributed by atoms with van der Waals surface area (Å²) in [7, 11) is 0. The summed E-state index contributed by atoms with van der Waals surface area (Å²) in [5, 5.41) is 8.28. The van der Waals surface area contributed by atoms with Gasteiger partial charge in [-0.05, 0) is 0 Å². The standard InChI is InChI=1S/C3H4AsClN2S2/c4-2-6-7-3(9-2)8-1-5/h1,4H2. The van der Waals surface area contributed by atoms with Crippen molar-refractivity contribution in [2.75, 3.05) is 5.21 Å². The van der Waals surface area contributed by atoms with E-state index in [0.717, 1.165) is 8.14 Å². The zero-order valence-corrected chi connectivity index (χ0v) is 9.18. The van der Waals surface area contributed by atoms with Gasteiger partial charge in [0.25, 0.3) is 0 Å². The normalized spacial score (nSPS) is 10.0. The van der Waals surface area contributed by atoms with E-state index in [0.29, 0.717) is 5.21 Å². The van der Waals surface area contributed by atoms with Crippen LogP contribution in [0.25, 0.3) is 0 Å². The van der Waals surface area contributed by atoms with E-state index in [9.17, 15) is 0 Å². The number of hydrogen-bond donors (Lipinski definition) is 0. The van der Waals surface area contributed by atoms with Crippen molar-refractivity contribution >= 4 is 55.3 Å². The summed E-state index contributed by atoms with van der Waals surface area (Å²) < 4.78 is 2.01. The topological polar surface area (TPSA) is 25.8 Å². The summed E-state index contributed by atoms with van der Waals surface area (Å²) in [5.41, 5.74) is 0. The summed E-state index contributed by atoms with van der Waals surface area (Å²) in [6.45, 7) is 0. The third-order valence-electron chi connectivity index (χ3n) is 0.600. The van der Waals surface area contributed by atoms with Gasteiger partial charge in [0.15, 0.2) is 0 Å². The van der Waals surface area contributed by atoms with Crippen molar-refractivity contribution in [2.24, 2.45) is 0 Å². The van der Waals surface area contributed by atoms with Crippen LogP contribution in [0.3, 0.4) is 0 Å². The molecule has 0 radical (unpaired) electrons. The Kier molecular flexibility index (Phi) is 3.33. The average Bonchev–Trinajstić information content (AvgIpc) is 2.17. The monoisotopic (exact) mass is 242 g/mol. The molecule has 0 aliphatic rings. The Hall–Kier alpha value is 0.758. The maximum atomic E-state index is 5.45. The van der Waals surface area contributed by atoms with E-state index in [2.05, 4.69) is 10.2 Å². The molecule has 0 amide bonds. The maximum absolute atomic E-state index is 5.45. The Bertz CT molecular complexity index is 192. The number of thioether (sulfide) groups is 1. The van der Waals surface area contributed by atoms with Gasteiger partial charge in [-0.25, -0.2) is 0 Å². The second-order valence-electron chi connectivity index (χ2n) is 1.16. The van der Waals surface area contributed by atoms with Gasteiger partial charge in [0.1, 0.15) is 0 Å². The van der Waals surface area contributed by atoms with Crippen molar-refractivity contribution in [2.45, 2.75) is 4.34 Å². The molecule has 1 aromatic heterocycles. The first-order valence-electron chi connectivity index (χ1n) is 2.10. The quantitative estimate of drug-likeness (QED) is 0.418. The molecule has 50 valence electrons. The van der Waals surface area contributed by atoms with E-state index < -0.39 is 0 Å². The van der Waals surface area contributed by atoms with Crippen LogP contribution in [0.2, 0.25) is 0 Å². The van der Waals surface area contributed by atoms with Crippen LogP contribution in [-0.2, 0) is 0 Å². The first-order chi connectivity index (χ1) is 4.33. The third kappa shape index (κ3) is 2.46. The first-order valence-corrected chi connectivity index (χ1v) is 5.65. The van der Waals surface area contributed by atoms with E-state index in [1.807, 2.05) is 0 Å². The molecule has 0 bridgehead atoms.